The van der Waals surface area contributed by atoms with Crippen LogP contribution in [0, 0.1) is 28.6 Å². The molecule has 3 nitrogen and oxygen atoms in total. The minimum atomic E-state index is -0.695. The highest BCUT2D eigenvalue weighted by molar-refractivity contribution is 5.88. The Morgan fingerprint density at radius 1 is 1.62 bits per heavy atom. The van der Waals surface area contributed by atoms with E-state index in [2.05, 4.69) is 17.2 Å². The number of nitrogens with zero attached hydrogens (tertiary/aromatic N) is 1. The van der Waals surface area contributed by atoms with Crippen LogP contribution in [0.2, 0.25) is 0 Å². The van der Waals surface area contributed by atoms with E-state index in [9.17, 15) is 4.79 Å². The SMILES string of the molecule is CC#CCCNC(=O)C1(C#N)CC1. The molecule has 1 aliphatic rings. The normalized spacial score (nSPS) is 16.3. The number of amides is 1. The summed E-state index contributed by atoms with van der Waals surface area (Å²) in [4.78, 5) is 11.3. The van der Waals surface area contributed by atoms with E-state index in [0.717, 1.165) is 0 Å². The summed E-state index contributed by atoms with van der Waals surface area (Å²) in [5.74, 6) is 5.46. The van der Waals surface area contributed by atoms with E-state index in [1.54, 1.807) is 6.92 Å². The first kappa shape index (κ1) is 9.61. The predicted octanol–water partition coefficient (Wildman–Crippen LogP) is 0.820. The Labute approximate surface area is 78.1 Å². The highest BCUT2D eigenvalue weighted by Crippen LogP contribution is 2.44. The summed E-state index contributed by atoms with van der Waals surface area (Å²) in [5.41, 5.74) is -0.695. The smallest absolute Gasteiger partial charge is 0.240 e. The molecule has 0 spiro atoms. The number of nitriles is 1. The maximum Gasteiger partial charge on any atom is 0.240 e. The van der Waals surface area contributed by atoms with Crippen LogP contribution in [0.1, 0.15) is 26.2 Å². The lowest BCUT2D eigenvalue weighted by atomic mass is 10.1. The zero-order chi connectivity index (χ0) is 9.73. The second-order valence-electron chi connectivity index (χ2n) is 3.13. The van der Waals surface area contributed by atoms with Gasteiger partial charge in [-0.1, -0.05) is 0 Å². The molecule has 0 aliphatic heterocycles. The molecule has 1 amide bonds. The van der Waals surface area contributed by atoms with Gasteiger partial charge in [-0.05, 0) is 19.8 Å². The Morgan fingerprint density at radius 2 is 2.31 bits per heavy atom. The molecule has 0 bridgehead atoms. The van der Waals surface area contributed by atoms with Crippen LogP contribution in [0.4, 0.5) is 0 Å². The maximum atomic E-state index is 11.3. The fourth-order valence-electron chi connectivity index (χ4n) is 1.05. The fraction of sp³-hybridized carbons (Fsp3) is 0.600. The lowest BCUT2D eigenvalue weighted by Gasteiger charge is -2.05. The first-order valence-electron chi connectivity index (χ1n) is 4.34. The number of hydrogen-bond acceptors (Lipinski definition) is 2. The van der Waals surface area contributed by atoms with Crippen LogP contribution in [0.3, 0.4) is 0 Å². The van der Waals surface area contributed by atoms with Gasteiger partial charge in [-0.2, -0.15) is 5.26 Å². The first-order valence-corrected chi connectivity index (χ1v) is 4.34. The molecule has 1 aliphatic carbocycles. The average molecular weight is 176 g/mol. The van der Waals surface area contributed by atoms with E-state index >= 15 is 0 Å². The molecule has 1 saturated carbocycles. The van der Waals surface area contributed by atoms with E-state index < -0.39 is 5.41 Å². The summed E-state index contributed by atoms with van der Waals surface area (Å²) in [6, 6.07) is 2.05. The third-order valence-corrected chi connectivity index (χ3v) is 2.11. The standard InChI is InChI=1S/C10H12N2O/c1-2-3-4-7-12-9(13)10(8-11)5-6-10/h4-7H2,1H3,(H,12,13). The van der Waals surface area contributed by atoms with E-state index in [0.29, 0.717) is 25.8 Å². The van der Waals surface area contributed by atoms with Crippen molar-refractivity contribution in [1.29, 1.82) is 5.26 Å². The molecule has 1 rings (SSSR count). The quantitative estimate of drug-likeness (QED) is 0.511. The third kappa shape index (κ3) is 2.23. The topological polar surface area (TPSA) is 52.9 Å². The second kappa shape index (κ2) is 3.96. The van der Waals surface area contributed by atoms with Gasteiger partial charge in [-0.15, -0.1) is 11.8 Å². The Bertz CT molecular complexity index is 299. The van der Waals surface area contributed by atoms with Gasteiger partial charge in [0.05, 0.1) is 6.07 Å². The van der Waals surface area contributed by atoms with Crippen molar-refractivity contribution in [2.24, 2.45) is 5.41 Å². The zero-order valence-corrected chi connectivity index (χ0v) is 7.68. The Balaban J connectivity index is 2.26. The number of nitrogens with one attached hydrogen (secondary N) is 1. The molecule has 0 radical (unpaired) electrons. The molecule has 0 aromatic heterocycles. The van der Waals surface area contributed by atoms with Crippen LogP contribution in [0.25, 0.3) is 0 Å². The van der Waals surface area contributed by atoms with E-state index in [1.807, 2.05) is 6.07 Å². The Morgan fingerprint density at radius 3 is 2.77 bits per heavy atom. The van der Waals surface area contributed by atoms with Gasteiger partial charge in [-0.25, -0.2) is 0 Å². The molecule has 0 atom stereocenters. The summed E-state index contributed by atoms with van der Waals surface area (Å²) in [7, 11) is 0. The van der Waals surface area contributed by atoms with Crippen LogP contribution in [-0.2, 0) is 4.79 Å². The summed E-state index contributed by atoms with van der Waals surface area (Å²) in [6.45, 7) is 2.31. The number of carbonyl (C=O) groups excluding carboxylic acids is 1. The molecule has 0 unspecified atom stereocenters. The minimum Gasteiger partial charge on any atom is -0.354 e. The summed E-state index contributed by atoms with van der Waals surface area (Å²) in [6.07, 6.45) is 2.06. The average Bonchev–Trinajstić information content (AvgIpc) is 2.93. The highest BCUT2D eigenvalue weighted by atomic mass is 16.2. The van der Waals surface area contributed by atoms with Gasteiger partial charge in [0.1, 0.15) is 5.41 Å². The highest BCUT2D eigenvalue weighted by Gasteiger charge is 2.50. The van der Waals surface area contributed by atoms with Crippen molar-refractivity contribution in [3.63, 3.8) is 0 Å². The molecule has 0 saturated heterocycles. The molecular formula is C10H12N2O. The van der Waals surface area contributed by atoms with Gasteiger partial charge in [0.2, 0.25) is 5.91 Å². The Hall–Kier alpha value is -1.48. The lowest BCUT2D eigenvalue weighted by Crippen LogP contribution is -2.31. The molecule has 1 fully saturated rings. The predicted molar refractivity (Wildman–Crippen MR) is 48.4 cm³/mol. The van der Waals surface area contributed by atoms with E-state index in [1.165, 1.54) is 0 Å². The molecular weight excluding hydrogens is 164 g/mol. The van der Waals surface area contributed by atoms with E-state index in [-0.39, 0.29) is 5.91 Å². The Kier molecular flexibility index (Phi) is 2.93. The molecule has 1 N–H and O–H groups in total. The minimum absolute atomic E-state index is 0.132. The van der Waals surface area contributed by atoms with Gasteiger partial charge in [0.25, 0.3) is 0 Å². The molecule has 68 valence electrons. The molecule has 13 heavy (non-hydrogen) atoms. The van der Waals surface area contributed by atoms with Crippen molar-refractivity contribution in [2.75, 3.05) is 6.54 Å². The van der Waals surface area contributed by atoms with Gasteiger partial charge >= 0.3 is 0 Å². The van der Waals surface area contributed by atoms with Crippen LogP contribution in [0.15, 0.2) is 0 Å². The fourth-order valence-corrected chi connectivity index (χ4v) is 1.05. The third-order valence-electron chi connectivity index (χ3n) is 2.11. The number of rotatable bonds is 3. The van der Waals surface area contributed by atoms with Crippen LogP contribution < -0.4 is 5.32 Å². The lowest BCUT2D eigenvalue weighted by molar-refractivity contribution is -0.124. The summed E-state index contributed by atoms with van der Waals surface area (Å²) >= 11 is 0. The molecule has 0 heterocycles. The van der Waals surface area contributed by atoms with Crippen molar-refractivity contribution in [3.8, 4) is 17.9 Å². The second-order valence-corrected chi connectivity index (χ2v) is 3.13. The molecule has 3 heteroatoms. The summed E-state index contributed by atoms with van der Waals surface area (Å²) in [5, 5.41) is 11.4. The largest absolute Gasteiger partial charge is 0.354 e. The zero-order valence-electron chi connectivity index (χ0n) is 7.68. The van der Waals surface area contributed by atoms with Gasteiger partial charge in [-0.3, -0.25) is 4.79 Å². The monoisotopic (exact) mass is 176 g/mol. The first-order chi connectivity index (χ1) is 6.25. The van der Waals surface area contributed by atoms with Gasteiger partial charge in [0, 0.05) is 13.0 Å². The van der Waals surface area contributed by atoms with Crippen molar-refractivity contribution >= 4 is 5.91 Å². The van der Waals surface area contributed by atoms with Crippen LogP contribution >= 0.6 is 0 Å². The van der Waals surface area contributed by atoms with Gasteiger partial charge in [0.15, 0.2) is 0 Å². The van der Waals surface area contributed by atoms with Gasteiger partial charge < -0.3 is 5.32 Å². The van der Waals surface area contributed by atoms with Crippen molar-refractivity contribution in [2.45, 2.75) is 26.2 Å². The van der Waals surface area contributed by atoms with Crippen molar-refractivity contribution in [3.05, 3.63) is 0 Å². The van der Waals surface area contributed by atoms with Crippen LogP contribution in [-0.4, -0.2) is 12.5 Å². The maximum absolute atomic E-state index is 11.3. The number of carbonyl (C=O) groups is 1. The summed E-state index contributed by atoms with van der Waals surface area (Å²) < 4.78 is 0. The van der Waals surface area contributed by atoms with Crippen LogP contribution in [0.5, 0.6) is 0 Å². The number of hydrogen-bond donors (Lipinski definition) is 1. The van der Waals surface area contributed by atoms with Crippen molar-refractivity contribution in [1.82, 2.24) is 5.32 Å². The van der Waals surface area contributed by atoms with E-state index in [4.69, 9.17) is 5.26 Å². The molecule has 0 aromatic rings. The van der Waals surface area contributed by atoms with Crippen molar-refractivity contribution < 1.29 is 4.79 Å². The molecule has 0 aromatic carbocycles.